The van der Waals surface area contributed by atoms with Gasteiger partial charge >= 0.3 is 0 Å². The summed E-state index contributed by atoms with van der Waals surface area (Å²) >= 11 is 0. The van der Waals surface area contributed by atoms with Crippen LogP contribution in [0.1, 0.15) is 39.2 Å². The Labute approximate surface area is 122 Å². The van der Waals surface area contributed by atoms with Crippen LogP contribution in [0.3, 0.4) is 0 Å². The fourth-order valence-electron chi connectivity index (χ4n) is 3.42. The number of piperidine rings is 1. The molecule has 0 bridgehead atoms. The summed E-state index contributed by atoms with van der Waals surface area (Å²) < 4.78 is 0. The van der Waals surface area contributed by atoms with E-state index >= 15 is 0 Å². The number of nitrogens with zero attached hydrogens (tertiary/aromatic N) is 1. The molecular formula is C18H26N2. The molecule has 1 N–H and O–H groups in total. The molecule has 1 aliphatic rings. The van der Waals surface area contributed by atoms with E-state index in [0.717, 1.165) is 12.5 Å². The summed E-state index contributed by atoms with van der Waals surface area (Å²) in [7, 11) is 0. The van der Waals surface area contributed by atoms with Crippen molar-refractivity contribution in [2.24, 2.45) is 11.3 Å². The zero-order valence-corrected chi connectivity index (χ0v) is 12.9. The van der Waals surface area contributed by atoms with Gasteiger partial charge in [0.05, 0.1) is 0 Å². The number of aromatic nitrogens is 1. The topological polar surface area (TPSA) is 19.0 Å². The number of fused-ring (bicyclic) bond motifs is 1. The van der Waals surface area contributed by atoms with Gasteiger partial charge in [0.2, 0.25) is 0 Å². The molecule has 3 rings (SSSR count). The standard InChI is InChI=1S/C18H26N2/c1-18(2,3)16-7-10-20(11-8-16)13-14-4-5-17-15(12-14)6-9-19-17/h4-6,9,12,16,19H,7-8,10-11,13H2,1-3H3. The molecule has 1 aromatic heterocycles. The lowest BCUT2D eigenvalue weighted by Crippen LogP contribution is -2.37. The van der Waals surface area contributed by atoms with E-state index in [1.165, 1.54) is 42.4 Å². The minimum Gasteiger partial charge on any atom is -0.361 e. The predicted octanol–water partition coefficient (Wildman–Crippen LogP) is 4.43. The van der Waals surface area contributed by atoms with Gasteiger partial charge in [-0.2, -0.15) is 0 Å². The third-order valence-electron chi connectivity index (χ3n) is 4.84. The lowest BCUT2D eigenvalue weighted by molar-refractivity contribution is 0.108. The Morgan fingerprint density at radius 2 is 1.90 bits per heavy atom. The van der Waals surface area contributed by atoms with Crippen molar-refractivity contribution in [1.29, 1.82) is 0 Å². The number of aromatic amines is 1. The molecule has 0 unspecified atom stereocenters. The average Bonchev–Trinajstić information content (AvgIpc) is 2.86. The fourth-order valence-corrected chi connectivity index (χ4v) is 3.42. The highest BCUT2D eigenvalue weighted by Gasteiger charge is 2.28. The summed E-state index contributed by atoms with van der Waals surface area (Å²) in [6.07, 6.45) is 4.70. The van der Waals surface area contributed by atoms with Gasteiger partial charge in [-0.05, 0) is 66.4 Å². The first-order valence-corrected chi connectivity index (χ1v) is 7.81. The predicted molar refractivity (Wildman–Crippen MR) is 85.8 cm³/mol. The van der Waals surface area contributed by atoms with Crippen molar-refractivity contribution in [1.82, 2.24) is 9.88 Å². The van der Waals surface area contributed by atoms with Crippen LogP contribution in [0.4, 0.5) is 0 Å². The Morgan fingerprint density at radius 3 is 2.60 bits per heavy atom. The minimum absolute atomic E-state index is 0.468. The van der Waals surface area contributed by atoms with E-state index in [4.69, 9.17) is 0 Å². The van der Waals surface area contributed by atoms with E-state index in [1.54, 1.807) is 0 Å². The SMILES string of the molecule is CC(C)(C)C1CCN(Cc2ccc3[nH]ccc3c2)CC1. The van der Waals surface area contributed by atoms with Gasteiger partial charge in [0.1, 0.15) is 0 Å². The van der Waals surface area contributed by atoms with E-state index in [9.17, 15) is 0 Å². The van der Waals surface area contributed by atoms with E-state index in [-0.39, 0.29) is 0 Å². The molecule has 1 aromatic carbocycles. The van der Waals surface area contributed by atoms with Gasteiger partial charge in [-0.15, -0.1) is 0 Å². The normalized spacial score (nSPS) is 18.8. The molecule has 0 atom stereocenters. The second-order valence-electron chi connectivity index (χ2n) is 7.32. The van der Waals surface area contributed by atoms with Crippen molar-refractivity contribution in [2.75, 3.05) is 13.1 Å². The highest BCUT2D eigenvalue weighted by Crippen LogP contribution is 2.34. The molecule has 0 spiro atoms. The second-order valence-corrected chi connectivity index (χ2v) is 7.32. The number of likely N-dealkylation sites (tertiary alicyclic amines) is 1. The highest BCUT2D eigenvalue weighted by molar-refractivity contribution is 5.79. The van der Waals surface area contributed by atoms with Gasteiger partial charge in [0.15, 0.2) is 0 Å². The molecule has 1 aliphatic heterocycles. The summed E-state index contributed by atoms with van der Waals surface area (Å²) in [4.78, 5) is 5.87. The number of hydrogen-bond donors (Lipinski definition) is 1. The Kier molecular flexibility index (Phi) is 3.59. The maximum absolute atomic E-state index is 3.26. The summed E-state index contributed by atoms with van der Waals surface area (Å²) in [6.45, 7) is 10.7. The van der Waals surface area contributed by atoms with Crippen LogP contribution in [0.2, 0.25) is 0 Å². The van der Waals surface area contributed by atoms with Crippen LogP contribution in [0.25, 0.3) is 10.9 Å². The van der Waals surface area contributed by atoms with Crippen LogP contribution < -0.4 is 0 Å². The quantitative estimate of drug-likeness (QED) is 0.855. The number of nitrogens with one attached hydrogen (secondary N) is 1. The lowest BCUT2D eigenvalue weighted by Gasteiger charge is -2.38. The monoisotopic (exact) mass is 270 g/mol. The van der Waals surface area contributed by atoms with E-state index in [0.29, 0.717) is 5.41 Å². The zero-order valence-electron chi connectivity index (χ0n) is 12.9. The van der Waals surface area contributed by atoms with Crippen LogP contribution >= 0.6 is 0 Å². The molecule has 1 saturated heterocycles. The summed E-state index contributed by atoms with van der Waals surface area (Å²) in [5, 5.41) is 1.33. The molecular weight excluding hydrogens is 244 g/mol. The molecule has 0 radical (unpaired) electrons. The van der Waals surface area contributed by atoms with Crippen LogP contribution in [0.5, 0.6) is 0 Å². The van der Waals surface area contributed by atoms with Crippen LogP contribution in [0, 0.1) is 11.3 Å². The number of rotatable bonds is 2. The Morgan fingerprint density at radius 1 is 1.15 bits per heavy atom. The zero-order chi connectivity index (χ0) is 14.2. The van der Waals surface area contributed by atoms with E-state index < -0.39 is 0 Å². The van der Waals surface area contributed by atoms with Crippen molar-refractivity contribution >= 4 is 10.9 Å². The number of H-pyrrole nitrogens is 1. The molecule has 1 fully saturated rings. The molecule has 2 aromatic rings. The third kappa shape index (κ3) is 2.90. The van der Waals surface area contributed by atoms with E-state index in [2.05, 4.69) is 54.9 Å². The molecule has 0 aliphatic carbocycles. The van der Waals surface area contributed by atoms with Gasteiger partial charge in [-0.3, -0.25) is 4.90 Å². The van der Waals surface area contributed by atoms with Gasteiger partial charge in [-0.25, -0.2) is 0 Å². The molecule has 2 heteroatoms. The van der Waals surface area contributed by atoms with Crippen molar-refractivity contribution < 1.29 is 0 Å². The Hall–Kier alpha value is -1.28. The maximum Gasteiger partial charge on any atom is 0.0454 e. The van der Waals surface area contributed by atoms with Crippen LogP contribution in [-0.2, 0) is 6.54 Å². The smallest absolute Gasteiger partial charge is 0.0454 e. The van der Waals surface area contributed by atoms with Crippen molar-refractivity contribution in [3.63, 3.8) is 0 Å². The third-order valence-corrected chi connectivity index (χ3v) is 4.84. The maximum atomic E-state index is 3.26. The summed E-state index contributed by atoms with van der Waals surface area (Å²) in [5.41, 5.74) is 3.14. The first-order valence-electron chi connectivity index (χ1n) is 7.81. The summed E-state index contributed by atoms with van der Waals surface area (Å²) in [6, 6.07) is 8.94. The second kappa shape index (κ2) is 5.25. The van der Waals surface area contributed by atoms with E-state index in [1.807, 2.05) is 6.20 Å². The molecule has 2 heterocycles. The molecule has 0 amide bonds. The van der Waals surface area contributed by atoms with Crippen LogP contribution in [0.15, 0.2) is 30.5 Å². The van der Waals surface area contributed by atoms with Gasteiger partial charge in [0, 0.05) is 18.3 Å². The minimum atomic E-state index is 0.468. The number of benzene rings is 1. The van der Waals surface area contributed by atoms with Gasteiger partial charge in [0.25, 0.3) is 0 Å². The Balaban J connectivity index is 1.62. The molecule has 108 valence electrons. The molecule has 20 heavy (non-hydrogen) atoms. The lowest BCUT2D eigenvalue weighted by atomic mass is 9.75. The largest absolute Gasteiger partial charge is 0.361 e. The molecule has 0 saturated carbocycles. The highest BCUT2D eigenvalue weighted by atomic mass is 15.1. The van der Waals surface area contributed by atoms with Gasteiger partial charge in [-0.1, -0.05) is 26.8 Å². The van der Waals surface area contributed by atoms with Crippen LogP contribution in [-0.4, -0.2) is 23.0 Å². The number of hydrogen-bond acceptors (Lipinski definition) is 1. The van der Waals surface area contributed by atoms with Gasteiger partial charge < -0.3 is 4.98 Å². The average molecular weight is 270 g/mol. The van der Waals surface area contributed by atoms with Crippen molar-refractivity contribution in [3.05, 3.63) is 36.0 Å². The first kappa shape index (κ1) is 13.7. The Bertz CT molecular complexity index is 568. The van der Waals surface area contributed by atoms with Crippen molar-refractivity contribution in [3.8, 4) is 0 Å². The van der Waals surface area contributed by atoms with Crippen molar-refractivity contribution in [2.45, 2.75) is 40.2 Å². The first-order chi connectivity index (χ1) is 9.52. The fraction of sp³-hybridized carbons (Fsp3) is 0.556. The molecule has 2 nitrogen and oxygen atoms in total. The summed E-state index contributed by atoms with van der Waals surface area (Å²) in [5.74, 6) is 0.880.